The number of nitrogens with zero attached hydrogens (tertiary/aromatic N) is 2. The van der Waals surface area contributed by atoms with E-state index in [2.05, 4.69) is 4.90 Å². The van der Waals surface area contributed by atoms with E-state index in [1.807, 2.05) is 24.3 Å². The van der Waals surface area contributed by atoms with E-state index in [-0.39, 0.29) is 18.9 Å². The van der Waals surface area contributed by atoms with Crippen LogP contribution in [-0.4, -0.2) is 63.8 Å². The lowest BCUT2D eigenvalue weighted by Crippen LogP contribution is -2.50. The average Bonchev–Trinajstić information content (AvgIpc) is 2.78. The van der Waals surface area contributed by atoms with Crippen LogP contribution in [0.2, 0.25) is 0 Å². The molecule has 0 N–H and O–H groups in total. The summed E-state index contributed by atoms with van der Waals surface area (Å²) in [5.41, 5.74) is 1.83. The number of hydrogen-bond acceptors (Lipinski definition) is 6. The number of piperazine rings is 1. The molecule has 7 heteroatoms. The van der Waals surface area contributed by atoms with Gasteiger partial charge in [0.25, 0.3) is 5.91 Å². The molecule has 0 radical (unpaired) electrons. The minimum atomic E-state index is -0.420. The van der Waals surface area contributed by atoms with Crippen molar-refractivity contribution in [1.82, 2.24) is 4.90 Å². The molecule has 2 aromatic carbocycles. The first-order valence-corrected chi connectivity index (χ1v) is 9.55. The summed E-state index contributed by atoms with van der Waals surface area (Å²) in [6.45, 7) is 2.32. The maximum Gasteiger partial charge on any atom is 0.310 e. The fraction of sp³-hybridized carbons (Fsp3) is 0.364. The van der Waals surface area contributed by atoms with Crippen molar-refractivity contribution in [1.29, 1.82) is 0 Å². The Balaban J connectivity index is 1.44. The smallest absolute Gasteiger partial charge is 0.310 e. The van der Waals surface area contributed by atoms with Gasteiger partial charge in [0.05, 0.1) is 26.3 Å². The number of esters is 1. The number of rotatable bonds is 7. The Kier molecular flexibility index (Phi) is 6.94. The number of carbonyl (C=O) groups is 2. The average molecular weight is 398 g/mol. The number of carbonyl (C=O) groups excluding carboxylic acids is 2. The molecule has 29 heavy (non-hydrogen) atoms. The fourth-order valence-electron chi connectivity index (χ4n) is 3.28. The van der Waals surface area contributed by atoms with E-state index in [0.717, 1.165) is 22.7 Å². The van der Waals surface area contributed by atoms with Crippen LogP contribution in [0.4, 0.5) is 5.69 Å². The summed E-state index contributed by atoms with van der Waals surface area (Å²) in [6.07, 6.45) is 0.124. The molecule has 1 heterocycles. The largest absolute Gasteiger partial charge is 0.497 e. The molecule has 1 aliphatic heterocycles. The monoisotopic (exact) mass is 398 g/mol. The molecule has 154 valence electrons. The Morgan fingerprint density at radius 2 is 1.59 bits per heavy atom. The van der Waals surface area contributed by atoms with Gasteiger partial charge in [0, 0.05) is 26.2 Å². The van der Waals surface area contributed by atoms with Crippen LogP contribution in [-0.2, 0) is 20.7 Å². The lowest BCUT2D eigenvalue weighted by atomic mass is 10.1. The summed E-state index contributed by atoms with van der Waals surface area (Å²) in [7, 11) is 3.24. The van der Waals surface area contributed by atoms with Crippen LogP contribution in [0.15, 0.2) is 48.5 Å². The third-order valence-electron chi connectivity index (χ3n) is 4.92. The van der Waals surface area contributed by atoms with Gasteiger partial charge < -0.3 is 24.0 Å². The van der Waals surface area contributed by atoms with Crippen molar-refractivity contribution in [3.8, 4) is 11.5 Å². The lowest BCUT2D eigenvalue weighted by molar-refractivity contribution is -0.151. The van der Waals surface area contributed by atoms with Crippen LogP contribution in [0.1, 0.15) is 5.56 Å². The summed E-state index contributed by atoms with van der Waals surface area (Å²) in [5.74, 6) is 0.952. The van der Waals surface area contributed by atoms with Gasteiger partial charge in [-0.15, -0.1) is 0 Å². The standard InChI is InChI=1S/C22H26N2O5/c1-27-18-9-7-17(8-10-18)15-22(26)29-16-21(25)24-13-11-23(12-14-24)19-5-3-4-6-20(19)28-2/h3-10H,11-16H2,1-2H3. The van der Waals surface area contributed by atoms with Crippen molar-refractivity contribution in [3.05, 3.63) is 54.1 Å². The second-order valence-corrected chi connectivity index (χ2v) is 6.73. The van der Waals surface area contributed by atoms with Gasteiger partial charge in [-0.2, -0.15) is 0 Å². The van der Waals surface area contributed by atoms with Crippen LogP contribution in [0.3, 0.4) is 0 Å². The lowest BCUT2D eigenvalue weighted by Gasteiger charge is -2.36. The second kappa shape index (κ2) is 9.82. The van der Waals surface area contributed by atoms with Crippen LogP contribution >= 0.6 is 0 Å². The Morgan fingerprint density at radius 1 is 0.897 bits per heavy atom. The third kappa shape index (κ3) is 5.40. The van der Waals surface area contributed by atoms with Crippen molar-refractivity contribution < 1.29 is 23.8 Å². The number of methoxy groups -OCH3 is 2. The molecule has 1 amide bonds. The molecular weight excluding hydrogens is 372 g/mol. The number of amides is 1. The molecular formula is C22H26N2O5. The first kappa shape index (κ1) is 20.5. The van der Waals surface area contributed by atoms with Gasteiger partial charge in [0.1, 0.15) is 11.5 Å². The number of benzene rings is 2. The minimum Gasteiger partial charge on any atom is -0.497 e. The van der Waals surface area contributed by atoms with Crippen molar-refractivity contribution in [3.63, 3.8) is 0 Å². The van der Waals surface area contributed by atoms with Gasteiger partial charge in [-0.25, -0.2) is 0 Å². The Hall–Kier alpha value is -3.22. The highest BCUT2D eigenvalue weighted by atomic mass is 16.5. The SMILES string of the molecule is COc1ccc(CC(=O)OCC(=O)N2CCN(c3ccccc3OC)CC2)cc1. The molecule has 0 aliphatic carbocycles. The predicted molar refractivity (Wildman–Crippen MR) is 109 cm³/mol. The molecule has 1 saturated heterocycles. The van der Waals surface area contributed by atoms with Gasteiger partial charge in [-0.05, 0) is 29.8 Å². The van der Waals surface area contributed by atoms with Crippen molar-refractivity contribution >= 4 is 17.6 Å². The van der Waals surface area contributed by atoms with E-state index < -0.39 is 5.97 Å². The van der Waals surface area contributed by atoms with Crippen LogP contribution in [0, 0.1) is 0 Å². The van der Waals surface area contributed by atoms with Crippen molar-refractivity contribution in [2.75, 3.05) is 51.9 Å². The zero-order valence-electron chi connectivity index (χ0n) is 16.8. The van der Waals surface area contributed by atoms with Crippen LogP contribution in [0.5, 0.6) is 11.5 Å². The fourth-order valence-corrected chi connectivity index (χ4v) is 3.28. The zero-order chi connectivity index (χ0) is 20.6. The van der Waals surface area contributed by atoms with Crippen LogP contribution in [0.25, 0.3) is 0 Å². The summed E-state index contributed by atoms with van der Waals surface area (Å²) in [6, 6.07) is 15.0. The van der Waals surface area contributed by atoms with E-state index in [0.29, 0.717) is 26.2 Å². The molecule has 0 atom stereocenters. The van der Waals surface area contributed by atoms with E-state index in [1.165, 1.54) is 0 Å². The van der Waals surface area contributed by atoms with Gasteiger partial charge in [-0.3, -0.25) is 9.59 Å². The normalized spacial score (nSPS) is 13.7. The van der Waals surface area contributed by atoms with Crippen molar-refractivity contribution in [2.45, 2.75) is 6.42 Å². The Morgan fingerprint density at radius 3 is 2.24 bits per heavy atom. The molecule has 1 fully saturated rings. The van der Waals surface area contributed by atoms with Gasteiger partial charge in [0.15, 0.2) is 6.61 Å². The van der Waals surface area contributed by atoms with Crippen LogP contribution < -0.4 is 14.4 Å². The first-order chi connectivity index (χ1) is 14.1. The molecule has 2 aromatic rings. The summed E-state index contributed by atoms with van der Waals surface area (Å²) >= 11 is 0. The third-order valence-corrected chi connectivity index (χ3v) is 4.92. The molecule has 0 unspecified atom stereocenters. The van der Waals surface area contributed by atoms with E-state index in [1.54, 1.807) is 43.4 Å². The first-order valence-electron chi connectivity index (χ1n) is 9.55. The van der Waals surface area contributed by atoms with E-state index >= 15 is 0 Å². The highest BCUT2D eigenvalue weighted by Crippen LogP contribution is 2.28. The highest BCUT2D eigenvalue weighted by Gasteiger charge is 2.23. The maximum atomic E-state index is 12.4. The van der Waals surface area contributed by atoms with Gasteiger partial charge in [-0.1, -0.05) is 24.3 Å². The summed E-state index contributed by atoms with van der Waals surface area (Å²) in [5, 5.41) is 0. The molecule has 7 nitrogen and oxygen atoms in total. The minimum absolute atomic E-state index is 0.124. The molecule has 1 aliphatic rings. The predicted octanol–water partition coefficient (Wildman–Crippen LogP) is 2.14. The molecule has 0 spiro atoms. The molecule has 3 rings (SSSR count). The van der Waals surface area contributed by atoms with Gasteiger partial charge >= 0.3 is 5.97 Å². The number of hydrogen-bond donors (Lipinski definition) is 0. The highest BCUT2D eigenvalue weighted by molar-refractivity contribution is 5.81. The second-order valence-electron chi connectivity index (χ2n) is 6.73. The number of anilines is 1. The van der Waals surface area contributed by atoms with E-state index in [4.69, 9.17) is 14.2 Å². The zero-order valence-corrected chi connectivity index (χ0v) is 16.8. The van der Waals surface area contributed by atoms with E-state index in [9.17, 15) is 9.59 Å². The number of ether oxygens (including phenoxy) is 3. The molecule has 0 aromatic heterocycles. The topological polar surface area (TPSA) is 68.3 Å². The Bertz CT molecular complexity index is 829. The quantitative estimate of drug-likeness (QED) is 0.666. The molecule has 0 saturated carbocycles. The summed E-state index contributed by atoms with van der Waals surface area (Å²) in [4.78, 5) is 28.3. The maximum absolute atomic E-state index is 12.4. The number of para-hydroxylation sites is 2. The summed E-state index contributed by atoms with van der Waals surface area (Å²) < 4.78 is 15.7. The molecule has 0 bridgehead atoms. The Labute approximate surface area is 170 Å². The van der Waals surface area contributed by atoms with Crippen molar-refractivity contribution in [2.24, 2.45) is 0 Å². The van der Waals surface area contributed by atoms with Gasteiger partial charge in [0.2, 0.25) is 0 Å².